The van der Waals surface area contributed by atoms with Crippen LogP contribution in [0.25, 0.3) is 10.8 Å². The van der Waals surface area contributed by atoms with E-state index in [9.17, 15) is 0 Å². The maximum Gasteiger partial charge on any atom is 0.0420 e. The summed E-state index contributed by atoms with van der Waals surface area (Å²) in [5.74, 6) is 0. The van der Waals surface area contributed by atoms with Crippen molar-refractivity contribution in [3.63, 3.8) is 0 Å². The van der Waals surface area contributed by atoms with E-state index in [4.69, 9.17) is 0 Å². The molecule has 0 saturated heterocycles. The molecule has 0 bridgehead atoms. The molecule has 1 aliphatic rings. The summed E-state index contributed by atoms with van der Waals surface area (Å²) in [5.41, 5.74) is 4.24. The highest BCUT2D eigenvalue weighted by Crippen LogP contribution is 2.34. The molecule has 1 N–H and O–H groups in total. The second kappa shape index (κ2) is 7.33. The molecule has 0 aromatic heterocycles. The van der Waals surface area contributed by atoms with Gasteiger partial charge in [-0.15, -0.1) is 0 Å². The van der Waals surface area contributed by atoms with E-state index in [1.54, 1.807) is 0 Å². The van der Waals surface area contributed by atoms with E-state index in [0.29, 0.717) is 0 Å². The van der Waals surface area contributed by atoms with Gasteiger partial charge in [-0.1, -0.05) is 37.6 Å². The second-order valence-electron chi connectivity index (χ2n) is 6.91. The van der Waals surface area contributed by atoms with Crippen molar-refractivity contribution in [2.24, 2.45) is 0 Å². The number of likely N-dealkylation sites (N-methyl/N-ethyl adjacent to an activating group) is 1. The number of rotatable bonds is 7. The maximum absolute atomic E-state index is 3.61. The largest absolute Gasteiger partial charge is 0.383 e. The third kappa shape index (κ3) is 3.67. The zero-order chi connectivity index (χ0) is 16.2. The van der Waals surface area contributed by atoms with Crippen LogP contribution in [0.1, 0.15) is 30.9 Å². The van der Waals surface area contributed by atoms with Gasteiger partial charge in [0.1, 0.15) is 0 Å². The molecule has 0 amide bonds. The minimum absolute atomic E-state index is 0.980. The number of unbranched alkanes of at least 4 members (excludes halogenated alkanes) is 1. The van der Waals surface area contributed by atoms with E-state index in [1.807, 2.05) is 0 Å². The first-order chi connectivity index (χ1) is 11.2. The van der Waals surface area contributed by atoms with Crippen LogP contribution in [0, 0.1) is 0 Å². The van der Waals surface area contributed by atoms with Crippen molar-refractivity contribution >= 4 is 16.5 Å². The molecule has 124 valence electrons. The summed E-state index contributed by atoms with van der Waals surface area (Å²) in [4.78, 5) is 4.80. The van der Waals surface area contributed by atoms with E-state index in [1.165, 1.54) is 47.0 Å². The van der Waals surface area contributed by atoms with Gasteiger partial charge in [0.05, 0.1) is 0 Å². The topological polar surface area (TPSA) is 18.5 Å². The molecule has 0 fully saturated rings. The Kier molecular flexibility index (Phi) is 5.19. The Morgan fingerprint density at radius 2 is 1.87 bits per heavy atom. The lowest BCUT2D eigenvalue weighted by Gasteiger charge is -2.29. The molecule has 0 saturated carbocycles. The van der Waals surface area contributed by atoms with Crippen LogP contribution >= 0.6 is 0 Å². The average molecular weight is 311 g/mol. The quantitative estimate of drug-likeness (QED) is 0.836. The molecule has 3 heteroatoms. The molecular formula is C20H29N3. The van der Waals surface area contributed by atoms with E-state index in [0.717, 1.165) is 26.2 Å². The summed E-state index contributed by atoms with van der Waals surface area (Å²) in [7, 11) is 4.23. The number of anilines is 1. The van der Waals surface area contributed by atoms with Crippen LogP contribution in [0.3, 0.4) is 0 Å². The first kappa shape index (κ1) is 16.3. The van der Waals surface area contributed by atoms with Gasteiger partial charge in [0.15, 0.2) is 0 Å². The zero-order valence-electron chi connectivity index (χ0n) is 14.7. The molecule has 0 unspecified atom stereocenters. The van der Waals surface area contributed by atoms with Crippen molar-refractivity contribution in [1.29, 1.82) is 0 Å². The van der Waals surface area contributed by atoms with Crippen molar-refractivity contribution in [1.82, 2.24) is 9.80 Å². The van der Waals surface area contributed by atoms with Gasteiger partial charge in [0, 0.05) is 37.3 Å². The highest BCUT2D eigenvalue weighted by atomic mass is 15.1. The normalized spacial score (nSPS) is 14.6. The van der Waals surface area contributed by atoms with Crippen molar-refractivity contribution in [3.8, 4) is 0 Å². The van der Waals surface area contributed by atoms with Gasteiger partial charge in [-0.05, 0) is 49.6 Å². The highest BCUT2D eigenvalue weighted by molar-refractivity contribution is 5.98. The summed E-state index contributed by atoms with van der Waals surface area (Å²) in [6.07, 6.45) is 2.55. The minimum atomic E-state index is 0.980. The Balaban J connectivity index is 1.86. The van der Waals surface area contributed by atoms with Gasteiger partial charge in [-0.25, -0.2) is 0 Å². The van der Waals surface area contributed by atoms with Crippen LogP contribution in [0.5, 0.6) is 0 Å². The molecule has 0 aliphatic carbocycles. The van der Waals surface area contributed by atoms with Gasteiger partial charge in [-0.2, -0.15) is 0 Å². The lowest BCUT2D eigenvalue weighted by Crippen LogP contribution is -2.27. The molecule has 0 atom stereocenters. The van der Waals surface area contributed by atoms with Gasteiger partial charge in [0.25, 0.3) is 0 Å². The van der Waals surface area contributed by atoms with E-state index in [-0.39, 0.29) is 0 Å². The molecular weight excluding hydrogens is 282 g/mol. The van der Waals surface area contributed by atoms with Gasteiger partial charge in [0.2, 0.25) is 0 Å². The van der Waals surface area contributed by atoms with Gasteiger partial charge in [-0.3, -0.25) is 4.90 Å². The smallest absolute Gasteiger partial charge is 0.0420 e. The number of nitrogens with one attached hydrogen (secondary N) is 1. The molecule has 2 aromatic rings. The Hall–Kier alpha value is -1.58. The fourth-order valence-corrected chi connectivity index (χ4v) is 3.47. The zero-order valence-corrected chi connectivity index (χ0v) is 14.7. The summed E-state index contributed by atoms with van der Waals surface area (Å²) in [5, 5.41) is 6.48. The monoisotopic (exact) mass is 311 g/mol. The maximum atomic E-state index is 3.61. The lowest BCUT2D eigenvalue weighted by atomic mass is 9.94. The van der Waals surface area contributed by atoms with E-state index < -0.39 is 0 Å². The first-order valence-corrected chi connectivity index (χ1v) is 8.83. The first-order valence-electron chi connectivity index (χ1n) is 8.83. The third-order valence-electron chi connectivity index (χ3n) is 4.70. The molecule has 23 heavy (non-hydrogen) atoms. The summed E-state index contributed by atoms with van der Waals surface area (Å²) < 4.78 is 0. The minimum Gasteiger partial charge on any atom is -0.383 e. The Labute approximate surface area is 140 Å². The molecule has 1 aliphatic heterocycles. The highest BCUT2D eigenvalue weighted by Gasteiger charge is 2.19. The SMILES string of the molecule is CCCCN1Cc2cccc3c(NCCN(C)C)ccc(c23)C1. The third-order valence-corrected chi connectivity index (χ3v) is 4.70. The Bertz CT molecular complexity index is 651. The van der Waals surface area contributed by atoms with Crippen LogP contribution in [-0.4, -0.2) is 43.5 Å². The van der Waals surface area contributed by atoms with Crippen LogP contribution in [0.2, 0.25) is 0 Å². The molecule has 3 nitrogen and oxygen atoms in total. The second-order valence-corrected chi connectivity index (χ2v) is 6.91. The lowest BCUT2D eigenvalue weighted by molar-refractivity contribution is 0.248. The number of hydrogen-bond acceptors (Lipinski definition) is 3. The average Bonchev–Trinajstić information content (AvgIpc) is 2.54. The van der Waals surface area contributed by atoms with Gasteiger partial charge < -0.3 is 10.2 Å². The van der Waals surface area contributed by atoms with Crippen LogP contribution in [0.4, 0.5) is 5.69 Å². The van der Waals surface area contributed by atoms with Crippen molar-refractivity contribution in [3.05, 3.63) is 41.5 Å². The standard InChI is InChI=1S/C20H29N3/c1-4-5-12-23-14-16-7-6-8-18-19(21-11-13-22(2)3)10-9-17(15-23)20(16)18/h6-10,21H,4-5,11-15H2,1-3H3. The summed E-state index contributed by atoms with van der Waals surface area (Å²) in [6.45, 7) is 7.68. The summed E-state index contributed by atoms with van der Waals surface area (Å²) in [6, 6.07) is 11.4. The van der Waals surface area contributed by atoms with Crippen LogP contribution in [-0.2, 0) is 13.1 Å². The van der Waals surface area contributed by atoms with E-state index >= 15 is 0 Å². The summed E-state index contributed by atoms with van der Waals surface area (Å²) >= 11 is 0. The molecule has 0 spiro atoms. The van der Waals surface area contributed by atoms with Crippen molar-refractivity contribution in [2.45, 2.75) is 32.9 Å². The predicted molar refractivity (Wildman–Crippen MR) is 100 cm³/mol. The van der Waals surface area contributed by atoms with E-state index in [2.05, 4.69) is 66.5 Å². The fraction of sp³-hybridized carbons (Fsp3) is 0.500. The van der Waals surface area contributed by atoms with Gasteiger partial charge >= 0.3 is 0 Å². The van der Waals surface area contributed by atoms with Crippen LogP contribution in [0.15, 0.2) is 30.3 Å². The number of nitrogens with zero attached hydrogens (tertiary/aromatic N) is 2. The fourth-order valence-electron chi connectivity index (χ4n) is 3.47. The Morgan fingerprint density at radius 3 is 2.61 bits per heavy atom. The van der Waals surface area contributed by atoms with Crippen LogP contribution < -0.4 is 5.32 Å². The van der Waals surface area contributed by atoms with Crippen molar-refractivity contribution in [2.75, 3.05) is 39.0 Å². The predicted octanol–water partition coefficient (Wildman–Crippen LogP) is 3.93. The van der Waals surface area contributed by atoms with Crippen molar-refractivity contribution < 1.29 is 0 Å². The number of hydrogen-bond donors (Lipinski definition) is 1. The number of benzene rings is 2. The Morgan fingerprint density at radius 1 is 1.09 bits per heavy atom. The molecule has 1 heterocycles. The molecule has 2 aromatic carbocycles. The molecule has 0 radical (unpaired) electrons. The molecule has 3 rings (SSSR count).